The van der Waals surface area contributed by atoms with Crippen molar-refractivity contribution in [3.63, 3.8) is 0 Å². The summed E-state index contributed by atoms with van der Waals surface area (Å²) in [6.07, 6.45) is -1.59. The summed E-state index contributed by atoms with van der Waals surface area (Å²) in [4.78, 5) is 23.3. The van der Waals surface area contributed by atoms with Crippen molar-refractivity contribution in [3.8, 4) is 5.75 Å². The molecular formula is C12H15NO4. The van der Waals surface area contributed by atoms with Crippen molar-refractivity contribution in [1.29, 1.82) is 0 Å². The Bertz CT molecular complexity index is 631. The highest BCUT2D eigenvalue weighted by atomic mass is 16.6. The lowest BCUT2D eigenvalue weighted by atomic mass is 10.1. The van der Waals surface area contributed by atoms with Crippen molar-refractivity contribution in [3.05, 3.63) is 30.3 Å². The first-order valence-corrected chi connectivity index (χ1v) is 4.45. The predicted molar refractivity (Wildman–Crippen MR) is 61.9 cm³/mol. The summed E-state index contributed by atoms with van der Waals surface area (Å²) < 4.78 is 63.9. The van der Waals surface area contributed by atoms with Crippen LogP contribution >= 0.6 is 0 Å². The van der Waals surface area contributed by atoms with Gasteiger partial charge in [-0.3, -0.25) is 0 Å². The van der Waals surface area contributed by atoms with Crippen molar-refractivity contribution in [2.45, 2.75) is 19.7 Å². The number of carboxylic acids is 1. The maximum atomic E-state index is 11.9. The van der Waals surface area contributed by atoms with Crippen LogP contribution in [0.4, 0.5) is 4.79 Å². The summed E-state index contributed by atoms with van der Waals surface area (Å²) in [5.41, 5.74) is 0. The van der Waals surface area contributed by atoms with E-state index < -0.39 is 37.7 Å². The molecule has 0 unspecified atom stereocenters. The molecule has 17 heavy (non-hydrogen) atoms. The lowest BCUT2D eigenvalue weighted by molar-refractivity contribution is -0.140. The molecule has 5 heteroatoms. The first-order valence-electron chi connectivity index (χ1n) is 8.45. The number of ether oxygens (including phenoxy) is 1. The number of nitrogens with one attached hydrogen (secondary N) is 1. The summed E-state index contributed by atoms with van der Waals surface area (Å²) >= 11 is 0. The van der Waals surface area contributed by atoms with E-state index in [1.807, 2.05) is 0 Å². The second-order valence-corrected chi connectivity index (χ2v) is 2.88. The van der Waals surface area contributed by atoms with E-state index in [0.29, 0.717) is 0 Å². The van der Waals surface area contributed by atoms with E-state index in [0.717, 1.165) is 0 Å². The molecule has 1 aromatic carbocycles. The van der Waals surface area contributed by atoms with Crippen LogP contribution in [0.25, 0.3) is 0 Å². The average Bonchev–Trinajstić information content (AvgIpc) is 2.44. The van der Waals surface area contributed by atoms with E-state index in [1.165, 1.54) is 29.6 Å². The summed E-state index contributed by atoms with van der Waals surface area (Å²) in [5, 5.41) is 10.6. The fourth-order valence-electron chi connectivity index (χ4n) is 0.946. The van der Waals surface area contributed by atoms with Crippen molar-refractivity contribution < 1.29 is 30.4 Å². The van der Waals surface area contributed by atoms with Crippen LogP contribution in [0.15, 0.2) is 30.3 Å². The fraction of sp³-hybridized carbons (Fsp3) is 0.333. The molecule has 5 nitrogen and oxygen atoms in total. The van der Waals surface area contributed by atoms with Gasteiger partial charge in [0.05, 0.1) is 1.37 Å². The largest absolute Gasteiger partial charge is 0.480 e. The molecule has 0 saturated heterocycles. The first-order chi connectivity index (χ1) is 11.2. The van der Waals surface area contributed by atoms with Crippen molar-refractivity contribution >= 4 is 12.1 Å². The van der Waals surface area contributed by atoms with Crippen LogP contribution in [-0.2, 0) is 4.79 Å². The molecule has 0 aliphatic heterocycles. The first kappa shape index (κ1) is 5.53. The molecule has 0 spiro atoms. The Morgan fingerprint density at radius 3 is 2.59 bits per heavy atom. The zero-order chi connectivity index (χ0) is 19.7. The third-order valence-corrected chi connectivity index (χ3v) is 1.64. The van der Waals surface area contributed by atoms with Crippen LogP contribution < -0.4 is 10.1 Å². The maximum absolute atomic E-state index is 11.9. The third kappa shape index (κ3) is 4.14. The summed E-state index contributed by atoms with van der Waals surface area (Å²) in [6.45, 7) is -7.48. The van der Waals surface area contributed by atoms with Crippen LogP contribution in [0, 0.1) is 5.89 Å². The van der Waals surface area contributed by atoms with Gasteiger partial charge in [0.2, 0.25) is 0 Å². The lowest BCUT2D eigenvalue weighted by Gasteiger charge is -2.17. The summed E-state index contributed by atoms with van der Waals surface area (Å²) in [5.74, 6) is -6.26. The molecule has 0 aromatic heterocycles. The highest BCUT2D eigenvalue weighted by Crippen LogP contribution is 2.09. The van der Waals surface area contributed by atoms with E-state index in [2.05, 4.69) is 0 Å². The van der Waals surface area contributed by atoms with Crippen molar-refractivity contribution in [2.24, 2.45) is 5.89 Å². The smallest absolute Gasteiger partial charge is 0.413 e. The lowest BCUT2D eigenvalue weighted by Crippen LogP contribution is -2.45. The molecule has 2 N–H and O–H groups in total. The topological polar surface area (TPSA) is 75.6 Å². The second kappa shape index (κ2) is 5.89. The minimum Gasteiger partial charge on any atom is -0.480 e. The molecule has 0 heterocycles. The number of hydrogen-bond donors (Lipinski definition) is 2. The molecule has 0 bridgehead atoms. The number of aliphatic carboxylic acids is 1. The quantitative estimate of drug-likeness (QED) is 0.849. The van der Waals surface area contributed by atoms with Gasteiger partial charge in [-0.05, 0) is 18.0 Å². The van der Waals surface area contributed by atoms with Gasteiger partial charge >= 0.3 is 12.1 Å². The minimum atomic E-state index is -3.87. The number of carbonyl (C=O) groups is 2. The van der Waals surface area contributed by atoms with E-state index >= 15 is 0 Å². The van der Waals surface area contributed by atoms with Gasteiger partial charge in [0.25, 0.3) is 0 Å². The third-order valence-electron chi connectivity index (χ3n) is 1.64. The highest BCUT2D eigenvalue weighted by Gasteiger charge is 2.24. The Labute approximate surface area is 111 Å². The van der Waals surface area contributed by atoms with E-state index in [1.54, 1.807) is 6.07 Å². The number of benzene rings is 1. The van der Waals surface area contributed by atoms with Crippen LogP contribution in [0.2, 0.25) is 0 Å². The van der Waals surface area contributed by atoms with Gasteiger partial charge in [-0.25, -0.2) is 9.59 Å². The standard InChI is InChI=1S/C12H15NO4/c1-8(2)10(11(14)15)13-12(16)17-9-6-4-3-5-7-9/h3-8,10H,1-2H3,(H,13,16)(H,14,15)/t10-/m0/s1/i1D3,2D3,8D,10D. The predicted octanol–water partition coefficient (Wildman–Crippen LogP) is 1.88. The van der Waals surface area contributed by atoms with Crippen LogP contribution in [0.3, 0.4) is 0 Å². The molecule has 1 rings (SSSR count). The number of para-hydroxylation sites is 1. The number of amides is 1. The van der Waals surface area contributed by atoms with Gasteiger partial charge in [0.15, 0.2) is 0 Å². The Hall–Kier alpha value is -2.04. The summed E-state index contributed by atoms with van der Waals surface area (Å²) in [7, 11) is 0. The number of hydrogen-bond acceptors (Lipinski definition) is 3. The van der Waals surface area contributed by atoms with E-state index in [4.69, 9.17) is 15.7 Å². The summed E-state index contributed by atoms with van der Waals surface area (Å²) in [6, 6.07) is 3.44. The number of rotatable bonds is 4. The molecule has 0 saturated carbocycles. The van der Waals surface area contributed by atoms with Gasteiger partial charge < -0.3 is 15.2 Å². The Morgan fingerprint density at radius 1 is 1.41 bits per heavy atom. The van der Waals surface area contributed by atoms with Gasteiger partial charge in [0.1, 0.15) is 11.8 Å². The van der Waals surface area contributed by atoms with Gasteiger partial charge in [0, 0.05) is 9.60 Å². The monoisotopic (exact) mass is 245 g/mol. The van der Waals surface area contributed by atoms with Crippen LogP contribution in [-0.4, -0.2) is 23.2 Å². The molecule has 92 valence electrons. The Morgan fingerprint density at radius 2 is 2.06 bits per heavy atom. The van der Waals surface area contributed by atoms with E-state index in [9.17, 15) is 14.7 Å². The van der Waals surface area contributed by atoms with E-state index in [-0.39, 0.29) is 5.75 Å². The number of carbonyl (C=O) groups excluding carboxylic acids is 1. The molecule has 0 aliphatic rings. The SMILES string of the molecule is [2H]C([2H])([2H])C([2H])(C([2H])([2H])[2H])[C@]([2H])(NC(=O)Oc1ccccc1)C(=O)O. The average molecular weight is 245 g/mol. The van der Waals surface area contributed by atoms with Gasteiger partial charge in [-0.1, -0.05) is 31.9 Å². The molecular weight excluding hydrogens is 222 g/mol. The van der Waals surface area contributed by atoms with Crippen molar-refractivity contribution in [1.82, 2.24) is 5.32 Å². The zero-order valence-corrected chi connectivity index (χ0v) is 8.56. The zero-order valence-electron chi connectivity index (χ0n) is 16.6. The van der Waals surface area contributed by atoms with Crippen molar-refractivity contribution in [2.75, 3.05) is 0 Å². The Balaban J connectivity index is 3.30. The minimum absolute atomic E-state index is 0.0638. The fourth-order valence-corrected chi connectivity index (χ4v) is 0.946. The van der Waals surface area contributed by atoms with Gasteiger partial charge in [-0.2, -0.15) is 0 Å². The molecule has 0 fully saturated rings. The number of carboxylic acid groups (broad SMARTS) is 1. The molecule has 0 radical (unpaired) electrons. The Kier molecular flexibility index (Phi) is 1.91. The van der Waals surface area contributed by atoms with Crippen LogP contribution in [0.1, 0.15) is 24.7 Å². The van der Waals surface area contributed by atoms with Crippen LogP contribution in [0.5, 0.6) is 5.75 Å². The normalized spacial score (nSPS) is 22.8. The molecule has 1 atom stereocenters. The maximum Gasteiger partial charge on any atom is 0.413 e. The van der Waals surface area contributed by atoms with Gasteiger partial charge in [-0.15, -0.1) is 0 Å². The molecule has 1 aromatic rings. The highest BCUT2D eigenvalue weighted by molar-refractivity contribution is 5.81. The molecule has 0 aliphatic carbocycles. The molecule has 1 amide bonds. The second-order valence-electron chi connectivity index (χ2n) is 2.88.